The second kappa shape index (κ2) is 14.9. The summed E-state index contributed by atoms with van der Waals surface area (Å²) < 4.78 is 31.9. The quantitative estimate of drug-likeness (QED) is 0.222. The minimum Gasteiger partial charge on any atom is -0.394 e. The van der Waals surface area contributed by atoms with E-state index in [0.717, 1.165) is 22.3 Å². The van der Waals surface area contributed by atoms with Crippen LogP contribution in [0.5, 0.6) is 0 Å². The standard InChI is InChI=1S/C34H36O6/c35-21-30(36-22-26-13-5-1-6-14-26)31-32(37-23-27-15-7-2-8-16-27)33(38-24-28-17-9-3-10-18-28)34(40-31)39-25-29-19-11-4-12-20-29/h1-20,30-35H,21-25H2/t30-,31-,32+,33-,34?/m1/s1. The topological polar surface area (TPSA) is 66.4 Å². The molecule has 0 spiro atoms. The summed E-state index contributed by atoms with van der Waals surface area (Å²) in [7, 11) is 0. The Morgan fingerprint density at radius 3 is 1.38 bits per heavy atom. The zero-order valence-corrected chi connectivity index (χ0v) is 22.5. The Kier molecular flexibility index (Phi) is 10.5. The summed E-state index contributed by atoms with van der Waals surface area (Å²) in [6.45, 7) is 1.18. The van der Waals surface area contributed by atoms with E-state index in [9.17, 15) is 5.11 Å². The molecule has 40 heavy (non-hydrogen) atoms. The highest BCUT2D eigenvalue weighted by Gasteiger charge is 2.50. The van der Waals surface area contributed by atoms with E-state index < -0.39 is 30.7 Å². The molecular formula is C34H36O6. The van der Waals surface area contributed by atoms with E-state index in [1.807, 2.05) is 121 Å². The molecule has 1 N–H and O–H groups in total. The number of aliphatic hydroxyl groups excluding tert-OH is 1. The molecule has 6 heteroatoms. The number of hydrogen-bond acceptors (Lipinski definition) is 6. The van der Waals surface area contributed by atoms with Gasteiger partial charge in [-0.05, 0) is 22.3 Å². The van der Waals surface area contributed by atoms with Crippen LogP contribution in [0.3, 0.4) is 0 Å². The van der Waals surface area contributed by atoms with E-state index in [2.05, 4.69) is 0 Å². The minimum atomic E-state index is -0.718. The molecule has 0 bridgehead atoms. The molecule has 5 rings (SSSR count). The van der Waals surface area contributed by atoms with Crippen LogP contribution in [-0.4, -0.2) is 42.4 Å². The fourth-order valence-corrected chi connectivity index (χ4v) is 4.76. The van der Waals surface area contributed by atoms with Crippen LogP contribution in [0.1, 0.15) is 22.3 Å². The molecule has 1 aliphatic rings. The van der Waals surface area contributed by atoms with Gasteiger partial charge in [0.05, 0.1) is 33.0 Å². The van der Waals surface area contributed by atoms with Crippen molar-refractivity contribution >= 4 is 0 Å². The highest BCUT2D eigenvalue weighted by Crippen LogP contribution is 2.33. The Labute approximate surface area is 236 Å². The van der Waals surface area contributed by atoms with Crippen molar-refractivity contribution in [2.24, 2.45) is 0 Å². The monoisotopic (exact) mass is 540 g/mol. The zero-order chi connectivity index (χ0) is 27.4. The van der Waals surface area contributed by atoms with Crippen LogP contribution in [0.15, 0.2) is 121 Å². The van der Waals surface area contributed by atoms with Gasteiger partial charge in [-0.25, -0.2) is 0 Å². The lowest BCUT2D eigenvalue weighted by atomic mass is 10.0. The van der Waals surface area contributed by atoms with Gasteiger partial charge in [0.2, 0.25) is 0 Å². The molecule has 0 radical (unpaired) electrons. The van der Waals surface area contributed by atoms with Gasteiger partial charge >= 0.3 is 0 Å². The third kappa shape index (κ3) is 7.86. The third-order valence-corrected chi connectivity index (χ3v) is 6.89. The summed E-state index contributed by atoms with van der Waals surface area (Å²) in [6, 6.07) is 39.8. The fourth-order valence-electron chi connectivity index (χ4n) is 4.76. The van der Waals surface area contributed by atoms with Crippen molar-refractivity contribution in [3.05, 3.63) is 144 Å². The number of ether oxygens (including phenoxy) is 5. The van der Waals surface area contributed by atoms with Gasteiger partial charge in [-0.2, -0.15) is 0 Å². The number of aliphatic hydroxyl groups is 1. The van der Waals surface area contributed by atoms with Crippen LogP contribution in [0.4, 0.5) is 0 Å². The second-order valence-electron chi connectivity index (χ2n) is 9.81. The summed E-state index contributed by atoms with van der Waals surface area (Å²) in [5.74, 6) is 0. The van der Waals surface area contributed by atoms with Crippen LogP contribution in [0.25, 0.3) is 0 Å². The van der Waals surface area contributed by atoms with Gasteiger partial charge in [0.1, 0.15) is 24.4 Å². The lowest BCUT2D eigenvalue weighted by molar-refractivity contribution is -0.201. The highest BCUT2D eigenvalue weighted by molar-refractivity contribution is 5.16. The lowest BCUT2D eigenvalue weighted by Gasteiger charge is -2.28. The molecule has 1 saturated heterocycles. The Morgan fingerprint density at radius 1 is 0.525 bits per heavy atom. The third-order valence-electron chi connectivity index (χ3n) is 6.89. The van der Waals surface area contributed by atoms with Gasteiger partial charge in [-0.3, -0.25) is 0 Å². The number of benzene rings is 4. The van der Waals surface area contributed by atoms with Crippen molar-refractivity contribution in [2.75, 3.05) is 6.61 Å². The minimum absolute atomic E-state index is 0.237. The molecule has 1 heterocycles. The molecule has 4 aromatic carbocycles. The molecule has 6 nitrogen and oxygen atoms in total. The lowest BCUT2D eigenvalue weighted by Crippen LogP contribution is -2.44. The maximum absolute atomic E-state index is 10.4. The first-order valence-electron chi connectivity index (χ1n) is 13.7. The van der Waals surface area contributed by atoms with Crippen molar-refractivity contribution in [1.29, 1.82) is 0 Å². The summed E-state index contributed by atoms with van der Waals surface area (Å²) in [4.78, 5) is 0. The maximum atomic E-state index is 10.4. The second-order valence-corrected chi connectivity index (χ2v) is 9.81. The van der Waals surface area contributed by atoms with Crippen LogP contribution in [0.2, 0.25) is 0 Å². The predicted octanol–water partition coefficient (Wildman–Crippen LogP) is 5.68. The summed E-state index contributed by atoms with van der Waals surface area (Å²) in [5, 5.41) is 10.4. The van der Waals surface area contributed by atoms with Gasteiger partial charge < -0.3 is 28.8 Å². The first kappa shape index (κ1) is 28.2. The molecule has 1 aliphatic heterocycles. The molecule has 0 aromatic heterocycles. The molecule has 1 fully saturated rings. The predicted molar refractivity (Wildman–Crippen MR) is 152 cm³/mol. The summed E-state index contributed by atoms with van der Waals surface area (Å²) in [5.41, 5.74) is 4.10. The van der Waals surface area contributed by atoms with Gasteiger partial charge in [-0.1, -0.05) is 121 Å². The normalized spacial score (nSPS) is 21.3. The van der Waals surface area contributed by atoms with Crippen LogP contribution in [-0.2, 0) is 50.1 Å². The molecule has 0 saturated carbocycles. The number of rotatable bonds is 14. The number of hydrogen-bond donors (Lipinski definition) is 1. The summed E-state index contributed by atoms with van der Waals surface area (Å²) >= 11 is 0. The van der Waals surface area contributed by atoms with E-state index in [-0.39, 0.29) is 6.61 Å². The molecule has 4 aromatic rings. The van der Waals surface area contributed by atoms with Crippen LogP contribution < -0.4 is 0 Å². The maximum Gasteiger partial charge on any atom is 0.187 e. The molecule has 0 aliphatic carbocycles. The Morgan fingerprint density at radius 2 is 0.925 bits per heavy atom. The van der Waals surface area contributed by atoms with Crippen molar-refractivity contribution < 1.29 is 28.8 Å². The van der Waals surface area contributed by atoms with Gasteiger partial charge in [0.25, 0.3) is 0 Å². The van der Waals surface area contributed by atoms with E-state index in [1.54, 1.807) is 0 Å². The molecule has 0 amide bonds. The molecule has 1 unspecified atom stereocenters. The Balaban J connectivity index is 1.37. The van der Waals surface area contributed by atoms with E-state index in [1.165, 1.54) is 0 Å². The average molecular weight is 541 g/mol. The van der Waals surface area contributed by atoms with Crippen molar-refractivity contribution in [3.8, 4) is 0 Å². The fraction of sp³-hybridized carbons (Fsp3) is 0.294. The van der Waals surface area contributed by atoms with Gasteiger partial charge in [0.15, 0.2) is 6.29 Å². The molecule has 208 valence electrons. The van der Waals surface area contributed by atoms with Gasteiger partial charge in [-0.15, -0.1) is 0 Å². The van der Waals surface area contributed by atoms with E-state index in [4.69, 9.17) is 23.7 Å². The van der Waals surface area contributed by atoms with Crippen molar-refractivity contribution in [1.82, 2.24) is 0 Å². The van der Waals surface area contributed by atoms with E-state index in [0.29, 0.717) is 26.4 Å². The first-order chi connectivity index (χ1) is 19.8. The smallest absolute Gasteiger partial charge is 0.187 e. The summed E-state index contributed by atoms with van der Waals surface area (Å²) in [6.07, 6.45) is -3.07. The molecular weight excluding hydrogens is 504 g/mol. The van der Waals surface area contributed by atoms with Crippen molar-refractivity contribution in [3.63, 3.8) is 0 Å². The SMILES string of the molecule is OC[C@@H](OCc1ccccc1)[C@H]1OC(OCc2ccccc2)[C@H](OCc2ccccc2)[C@H]1OCc1ccccc1. The van der Waals surface area contributed by atoms with Crippen molar-refractivity contribution in [2.45, 2.75) is 57.1 Å². The Hall–Kier alpha value is -3.36. The first-order valence-corrected chi connectivity index (χ1v) is 13.7. The molecule has 5 atom stereocenters. The highest BCUT2D eigenvalue weighted by atomic mass is 16.7. The van der Waals surface area contributed by atoms with Crippen LogP contribution >= 0.6 is 0 Å². The largest absolute Gasteiger partial charge is 0.394 e. The Bertz CT molecular complexity index is 1240. The van der Waals surface area contributed by atoms with Gasteiger partial charge in [0, 0.05) is 0 Å². The average Bonchev–Trinajstić information content (AvgIpc) is 3.37. The van der Waals surface area contributed by atoms with Crippen LogP contribution in [0, 0.1) is 0 Å². The van der Waals surface area contributed by atoms with E-state index >= 15 is 0 Å². The zero-order valence-electron chi connectivity index (χ0n) is 22.5.